The molecule has 26 heavy (non-hydrogen) atoms. The van der Waals surface area contributed by atoms with Gasteiger partial charge in [-0.25, -0.2) is 4.98 Å². The number of methoxy groups -OCH3 is 1. The Kier molecular flexibility index (Phi) is 3.50. The lowest BCUT2D eigenvalue weighted by Gasteiger charge is -2.06. The van der Waals surface area contributed by atoms with Gasteiger partial charge in [0.15, 0.2) is 5.69 Å². The van der Waals surface area contributed by atoms with Crippen LogP contribution >= 0.6 is 0 Å². The highest BCUT2D eigenvalue weighted by Gasteiger charge is 2.19. The minimum absolute atomic E-state index is 0.0985. The van der Waals surface area contributed by atoms with Crippen molar-refractivity contribution in [3.63, 3.8) is 0 Å². The second kappa shape index (κ2) is 5.73. The van der Waals surface area contributed by atoms with E-state index in [0.717, 1.165) is 16.3 Å². The van der Waals surface area contributed by atoms with Crippen LogP contribution in [0.2, 0.25) is 0 Å². The summed E-state index contributed by atoms with van der Waals surface area (Å²) in [5, 5.41) is 11.7. The van der Waals surface area contributed by atoms with E-state index in [-0.39, 0.29) is 11.4 Å². The van der Waals surface area contributed by atoms with Gasteiger partial charge in [-0.1, -0.05) is 6.07 Å². The van der Waals surface area contributed by atoms with Gasteiger partial charge in [-0.05, 0) is 36.8 Å². The van der Waals surface area contributed by atoms with Crippen LogP contribution in [0.25, 0.3) is 33.2 Å². The highest BCUT2D eigenvalue weighted by molar-refractivity contribution is 6.16. The average Bonchev–Trinajstić information content (AvgIpc) is 3.04. The Morgan fingerprint density at radius 1 is 1.19 bits per heavy atom. The van der Waals surface area contributed by atoms with Gasteiger partial charge in [-0.2, -0.15) is 0 Å². The summed E-state index contributed by atoms with van der Waals surface area (Å²) in [5.74, 6) is 0.0632. The molecule has 0 aliphatic heterocycles. The molecule has 3 aromatic heterocycles. The second-order valence-electron chi connectivity index (χ2n) is 6.00. The minimum Gasteiger partial charge on any atom is -0.506 e. The van der Waals surface area contributed by atoms with E-state index >= 15 is 0 Å². The normalized spacial score (nSPS) is 11.2. The monoisotopic (exact) mass is 348 g/mol. The van der Waals surface area contributed by atoms with Crippen LogP contribution in [-0.4, -0.2) is 33.1 Å². The highest BCUT2D eigenvalue weighted by atomic mass is 16.5. The standard InChI is InChI=1S/C19H16N4O3/c1-9-3-6-14(24)17-15(9)11-7-13(12-5-4-10(26-2)8-21-12)22-18(19(20)25)16(11)23-17/h3-8,23-24H,1-2H3,(H2,20,25). The zero-order valence-electron chi connectivity index (χ0n) is 14.2. The number of aromatic hydroxyl groups is 1. The van der Waals surface area contributed by atoms with E-state index in [0.29, 0.717) is 28.2 Å². The molecule has 0 fully saturated rings. The van der Waals surface area contributed by atoms with Gasteiger partial charge in [0, 0.05) is 10.8 Å². The number of aromatic amines is 1. The van der Waals surface area contributed by atoms with Crippen LogP contribution in [0.1, 0.15) is 16.1 Å². The number of fused-ring (bicyclic) bond motifs is 3. The zero-order valence-corrected chi connectivity index (χ0v) is 14.2. The average molecular weight is 348 g/mol. The molecule has 0 atom stereocenters. The first-order valence-electron chi connectivity index (χ1n) is 7.95. The number of hydrogen-bond acceptors (Lipinski definition) is 5. The minimum atomic E-state index is -0.658. The number of pyridine rings is 2. The topological polar surface area (TPSA) is 114 Å². The van der Waals surface area contributed by atoms with Crippen molar-refractivity contribution in [3.05, 3.63) is 47.8 Å². The maximum Gasteiger partial charge on any atom is 0.269 e. The largest absolute Gasteiger partial charge is 0.506 e. The van der Waals surface area contributed by atoms with Crippen LogP contribution in [0.15, 0.2) is 36.5 Å². The molecule has 0 aliphatic rings. The number of nitrogens with one attached hydrogen (secondary N) is 1. The number of primary amides is 1. The van der Waals surface area contributed by atoms with Gasteiger partial charge >= 0.3 is 0 Å². The first-order chi connectivity index (χ1) is 12.5. The molecule has 0 aliphatic carbocycles. The van der Waals surface area contributed by atoms with Crippen molar-refractivity contribution in [3.8, 4) is 22.9 Å². The van der Waals surface area contributed by atoms with Gasteiger partial charge < -0.3 is 20.6 Å². The number of nitrogens with two attached hydrogens (primary N) is 1. The van der Waals surface area contributed by atoms with Gasteiger partial charge in [-0.15, -0.1) is 0 Å². The molecule has 3 heterocycles. The molecule has 7 nitrogen and oxygen atoms in total. The summed E-state index contributed by atoms with van der Waals surface area (Å²) >= 11 is 0. The number of benzene rings is 1. The Balaban J connectivity index is 2.08. The van der Waals surface area contributed by atoms with Crippen LogP contribution in [0.4, 0.5) is 0 Å². The van der Waals surface area contributed by atoms with E-state index < -0.39 is 5.91 Å². The fourth-order valence-corrected chi connectivity index (χ4v) is 3.13. The van der Waals surface area contributed by atoms with Crippen molar-refractivity contribution in [2.75, 3.05) is 7.11 Å². The fourth-order valence-electron chi connectivity index (χ4n) is 3.13. The number of H-pyrrole nitrogens is 1. The van der Waals surface area contributed by atoms with Crippen molar-refractivity contribution in [2.45, 2.75) is 6.92 Å². The predicted molar refractivity (Wildman–Crippen MR) is 98.3 cm³/mol. The van der Waals surface area contributed by atoms with Gasteiger partial charge in [0.25, 0.3) is 5.91 Å². The van der Waals surface area contributed by atoms with Crippen LogP contribution in [0.5, 0.6) is 11.5 Å². The zero-order chi connectivity index (χ0) is 18.4. The molecule has 7 heteroatoms. The first-order valence-corrected chi connectivity index (χ1v) is 7.95. The number of carbonyl (C=O) groups is 1. The predicted octanol–water partition coefficient (Wildman–Crippen LogP) is 2.90. The van der Waals surface area contributed by atoms with E-state index in [2.05, 4.69) is 15.0 Å². The molecule has 4 aromatic rings. The van der Waals surface area contributed by atoms with Crippen molar-refractivity contribution in [1.29, 1.82) is 0 Å². The van der Waals surface area contributed by atoms with E-state index in [1.54, 1.807) is 31.5 Å². The number of hydrogen-bond donors (Lipinski definition) is 3. The van der Waals surface area contributed by atoms with Crippen LogP contribution < -0.4 is 10.5 Å². The third kappa shape index (κ3) is 2.33. The van der Waals surface area contributed by atoms with Crippen LogP contribution in [0, 0.1) is 6.92 Å². The maximum atomic E-state index is 12.0. The highest BCUT2D eigenvalue weighted by Crippen LogP contribution is 2.36. The Bertz CT molecular complexity index is 1160. The molecular weight excluding hydrogens is 332 g/mol. The number of amides is 1. The summed E-state index contributed by atoms with van der Waals surface area (Å²) in [6.07, 6.45) is 1.58. The molecule has 0 spiro atoms. The SMILES string of the molecule is COc1ccc(-c2cc3c([nH]c4c(O)ccc(C)c43)c(C(N)=O)n2)nc1. The Morgan fingerprint density at radius 2 is 2.00 bits per heavy atom. The van der Waals surface area contributed by atoms with E-state index in [9.17, 15) is 9.90 Å². The quantitative estimate of drug-likeness (QED) is 0.527. The van der Waals surface area contributed by atoms with Gasteiger partial charge in [0.2, 0.25) is 0 Å². The molecule has 0 saturated carbocycles. The van der Waals surface area contributed by atoms with Crippen molar-refractivity contribution in [2.24, 2.45) is 5.73 Å². The number of rotatable bonds is 3. The summed E-state index contributed by atoms with van der Waals surface area (Å²) in [4.78, 5) is 23.8. The number of aryl methyl sites for hydroxylation is 1. The molecule has 0 saturated heterocycles. The molecule has 130 valence electrons. The van der Waals surface area contributed by atoms with Gasteiger partial charge in [-0.3, -0.25) is 9.78 Å². The van der Waals surface area contributed by atoms with Crippen LogP contribution in [-0.2, 0) is 0 Å². The first kappa shape index (κ1) is 15.9. The molecular formula is C19H16N4O3. The van der Waals surface area contributed by atoms with E-state index in [1.807, 2.05) is 19.1 Å². The lowest BCUT2D eigenvalue weighted by Crippen LogP contribution is -2.14. The lowest BCUT2D eigenvalue weighted by molar-refractivity contribution is 0.0997. The molecule has 0 bridgehead atoms. The third-order valence-electron chi connectivity index (χ3n) is 4.40. The fraction of sp³-hybridized carbons (Fsp3) is 0.105. The Hall–Kier alpha value is -3.61. The van der Waals surface area contributed by atoms with E-state index in [1.165, 1.54) is 0 Å². The number of aromatic nitrogens is 3. The van der Waals surface area contributed by atoms with Gasteiger partial charge in [0.05, 0.1) is 35.7 Å². The smallest absolute Gasteiger partial charge is 0.269 e. The Morgan fingerprint density at radius 3 is 2.65 bits per heavy atom. The van der Waals surface area contributed by atoms with Crippen LogP contribution in [0.3, 0.4) is 0 Å². The summed E-state index contributed by atoms with van der Waals surface area (Å²) in [6.45, 7) is 1.94. The number of ether oxygens (including phenoxy) is 1. The molecule has 4 rings (SSSR count). The van der Waals surface area contributed by atoms with Crippen molar-refractivity contribution < 1.29 is 14.6 Å². The van der Waals surface area contributed by atoms with Crippen molar-refractivity contribution in [1.82, 2.24) is 15.0 Å². The maximum absolute atomic E-state index is 12.0. The van der Waals surface area contributed by atoms with Crippen molar-refractivity contribution >= 4 is 27.7 Å². The molecule has 0 radical (unpaired) electrons. The van der Waals surface area contributed by atoms with Gasteiger partial charge in [0.1, 0.15) is 11.5 Å². The second-order valence-corrected chi connectivity index (χ2v) is 6.00. The lowest BCUT2D eigenvalue weighted by atomic mass is 10.1. The molecule has 1 amide bonds. The summed E-state index contributed by atoms with van der Waals surface area (Å²) in [7, 11) is 1.56. The number of nitrogens with zero attached hydrogens (tertiary/aromatic N) is 2. The third-order valence-corrected chi connectivity index (χ3v) is 4.40. The number of carbonyl (C=O) groups excluding carboxylic acids is 1. The molecule has 0 unspecified atom stereocenters. The molecule has 4 N–H and O–H groups in total. The Labute approximate surface area is 148 Å². The molecule has 1 aromatic carbocycles. The summed E-state index contributed by atoms with van der Waals surface area (Å²) < 4.78 is 5.12. The number of phenols is 1. The van der Waals surface area contributed by atoms with E-state index in [4.69, 9.17) is 10.5 Å². The summed E-state index contributed by atoms with van der Waals surface area (Å²) in [5.41, 5.74) is 8.74. The number of phenolic OH excluding ortho intramolecular Hbond substituents is 1. The summed E-state index contributed by atoms with van der Waals surface area (Å²) in [6, 6.07) is 8.79.